The zero-order chi connectivity index (χ0) is 18.3. The van der Waals surface area contributed by atoms with Gasteiger partial charge in [-0.1, -0.05) is 13.8 Å². The van der Waals surface area contributed by atoms with Crippen molar-refractivity contribution in [3.63, 3.8) is 0 Å². The number of benzene rings is 1. The van der Waals surface area contributed by atoms with Crippen LogP contribution in [0.15, 0.2) is 41.5 Å². The summed E-state index contributed by atoms with van der Waals surface area (Å²) in [6, 6.07) is 7.53. The Hall–Kier alpha value is -2.76. The summed E-state index contributed by atoms with van der Waals surface area (Å²) in [5, 5.41) is 0. The van der Waals surface area contributed by atoms with E-state index in [0.717, 1.165) is 24.4 Å². The standard InChI is InChI=1S/C20H23N3O3/c1-13(2)19-21-11-17-20(24)22(3)18(12-23(17)19)26-16-9-7-15(8-10-16)25-14-5-4-6-14/h7-14H,4-6H2,1-3H3. The molecule has 0 amide bonds. The van der Waals surface area contributed by atoms with Crippen molar-refractivity contribution in [2.75, 3.05) is 0 Å². The summed E-state index contributed by atoms with van der Waals surface area (Å²) >= 11 is 0. The van der Waals surface area contributed by atoms with E-state index in [4.69, 9.17) is 9.47 Å². The SMILES string of the molecule is CC(C)c1ncc2c(=O)n(C)c(Oc3ccc(OC4CCC4)cc3)cn12. The fourth-order valence-electron chi connectivity index (χ4n) is 3.05. The Bertz CT molecular complexity index is 982. The van der Waals surface area contributed by atoms with Crippen molar-refractivity contribution in [2.45, 2.75) is 45.1 Å². The molecule has 2 heterocycles. The Kier molecular flexibility index (Phi) is 4.18. The molecule has 0 atom stereocenters. The zero-order valence-corrected chi connectivity index (χ0v) is 15.3. The summed E-state index contributed by atoms with van der Waals surface area (Å²) in [7, 11) is 1.70. The first-order valence-corrected chi connectivity index (χ1v) is 9.04. The lowest BCUT2D eigenvalue weighted by Gasteiger charge is -2.26. The second-order valence-corrected chi connectivity index (χ2v) is 7.10. The minimum atomic E-state index is -0.133. The molecule has 26 heavy (non-hydrogen) atoms. The first-order valence-electron chi connectivity index (χ1n) is 9.04. The van der Waals surface area contributed by atoms with Crippen LogP contribution in [0.2, 0.25) is 0 Å². The van der Waals surface area contributed by atoms with Gasteiger partial charge in [-0.25, -0.2) is 4.98 Å². The van der Waals surface area contributed by atoms with Gasteiger partial charge in [0.1, 0.15) is 22.8 Å². The van der Waals surface area contributed by atoms with Gasteiger partial charge in [0.15, 0.2) is 0 Å². The largest absolute Gasteiger partial charge is 0.490 e. The Balaban J connectivity index is 1.62. The second-order valence-electron chi connectivity index (χ2n) is 7.10. The van der Waals surface area contributed by atoms with Crippen molar-refractivity contribution in [2.24, 2.45) is 7.05 Å². The maximum absolute atomic E-state index is 12.6. The van der Waals surface area contributed by atoms with Crippen molar-refractivity contribution in [1.29, 1.82) is 0 Å². The molecular formula is C20H23N3O3. The van der Waals surface area contributed by atoms with E-state index in [1.807, 2.05) is 48.7 Å². The summed E-state index contributed by atoms with van der Waals surface area (Å²) < 4.78 is 15.1. The van der Waals surface area contributed by atoms with Gasteiger partial charge in [-0.3, -0.25) is 13.8 Å². The molecule has 0 saturated heterocycles. The number of aromatic nitrogens is 3. The first kappa shape index (κ1) is 16.7. The molecule has 136 valence electrons. The molecule has 0 unspecified atom stereocenters. The number of ether oxygens (including phenoxy) is 2. The Morgan fingerprint density at radius 2 is 1.85 bits per heavy atom. The molecule has 1 aliphatic carbocycles. The fraction of sp³-hybridized carbons (Fsp3) is 0.400. The maximum atomic E-state index is 12.6. The van der Waals surface area contributed by atoms with E-state index in [-0.39, 0.29) is 11.5 Å². The van der Waals surface area contributed by atoms with E-state index < -0.39 is 0 Å². The molecule has 1 aliphatic rings. The number of fused-ring (bicyclic) bond motifs is 1. The highest BCUT2D eigenvalue weighted by atomic mass is 16.5. The van der Waals surface area contributed by atoms with Crippen LogP contribution in [0.5, 0.6) is 17.4 Å². The van der Waals surface area contributed by atoms with Gasteiger partial charge in [-0.15, -0.1) is 0 Å². The highest BCUT2D eigenvalue weighted by Crippen LogP contribution is 2.28. The minimum Gasteiger partial charge on any atom is -0.490 e. The summed E-state index contributed by atoms with van der Waals surface area (Å²) in [4.78, 5) is 17.0. The molecule has 6 nitrogen and oxygen atoms in total. The number of hydrogen-bond donors (Lipinski definition) is 0. The van der Waals surface area contributed by atoms with Crippen LogP contribution in [0.25, 0.3) is 5.52 Å². The van der Waals surface area contributed by atoms with E-state index in [2.05, 4.69) is 4.98 Å². The molecule has 2 aromatic heterocycles. The average molecular weight is 353 g/mol. The fourth-order valence-corrected chi connectivity index (χ4v) is 3.05. The summed E-state index contributed by atoms with van der Waals surface area (Å²) in [6.07, 6.45) is 7.29. The minimum absolute atomic E-state index is 0.133. The third-order valence-corrected chi connectivity index (χ3v) is 4.84. The van der Waals surface area contributed by atoms with Crippen LogP contribution in [-0.4, -0.2) is 20.1 Å². The van der Waals surface area contributed by atoms with Crippen LogP contribution in [-0.2, 0) is 7.05 Å². The van der Waals surface area contributed by atoms with Crippen molar-refractivity contribution >= 4 is 5.52 Å². The molecule has 1 fully saturated rings. The molecule has 3 aromatic rings. The summed E-state index contributed by atoms with van der Waals surface area (Å²) in [5.74, 6) is 3.02. The molecule has 6 heteroatoms. The van der Waals surface area contributed by atoms with Gasteiger partial charge in [0, 0.05) is 13.0 Å². The highest BCUT2D eigenvalue weighted by molar-refractivity contribution is 5.46. The number of nitrogens with zero attached hydrogens (tertiary/aromatic N) is 3. The topological polar surface area (TPSA) is 57.8 Å². The molecule has 0 bridgehead atoms. The zero-order valence-electron chi connectivity index (χ0n) is 15.3. The Morgan fingerprint density at radius 3 is 2.46 bits per heavy atom. The van der Waals surface area contributed by atoms with Crippen molar-refractivity contribution < 1.29 is 9.47 Å². The third-order valence-electron chi connectivity index (χ3n) is 4.84. The predicted molar refractivity (Wildman–Crippen MR) is 99.3 cm³/mol. The molecular weight excluding hydrogens is 330 g/mol. The molecule has 0 N–H and O–H groups in total. The maximum Gasteiger partial charge on any atom is 0.279 e. The van der Waals surface area contributed by atoms with Crippen LogP contribution >= 0.6 is 0 Å². The molecule has 1 aromatic carbocycles. The first-order chi connectivity index (χ1) is 12.5. The van der Waals surface area contributed by atoms with Crippen molar-refractivity contribution in [3.8, 4) is 17.4 Å². The van der Waals surface area contributed by atoms with E-state index in [1.165, 1.54) is 11.0 Å². The highest BCUT2D eigenvalue weighted by Gasteiger charge is 2.19. The third kappa shape index (κ3) is 2.96. The van der Waals surface area contributed by atoms with Crippen LogP contribution in [0.4, 0.5) is 0 Å². The monoisotopic (exact) mass is 353 g/mol. The lowest BCUT2D eigenvalue weighted by molar-refractivity contribution is 0.120. The van der Waals surface area contributed by atoms with Crippen molar-refractivity contribution in [3.05, 3.63) is 52.8 Å². The summed E-state index contributed by atoms with van der Waals surface area (Å²) in [6.45, 7) is 4.10. The lowest BCUT2D eigenvalue weighted by atomic mass is 9.96. The van der Waals surface area contributed by atoms with Gasteiger partial charge in [0.05, 0.1) is 18.5 Å². The lowest BCUT2D eigenvalue weighted by Crippen LogP contribution is -2.24. The molecule has 4 rings (SSSR count). The van der Waals surface area contributed by atoms with Crippen LogP contribution < -0.4 is 15.0 Å². The van der Waals surface area contributed by atoms with Crippen LogP contribution in [0.1, 0.15) is 44.9 Å². The van der Waals surface area contributed by atoms with Crippen molar-refractivity contribution in [1.82, 2.24) is 14.0 Å². The van der Waals surface area contributed by atoms with E-state index in [9.17, 15) is 4.79 Å². The van der Waals surface area contributed by atoms with E-state index >= 15 is 0 Å². The summed E-state index contributed by atoms with van der Waals surface area (Å²) in [5.41, 5.74) is 0.416. The van der Waals surface area contributed by atoms with E-state index in [0.29, 0.717) is 23.3 Å². The van der Waals surface area contributed by atoms with Gasteiger partial charge in [0.25, 0.3) is 5.56 Å². The number of imidazole rings is 1. The van der Waals surface area contributed by atoms with Gasteiger partial charge < -0.3 is 9.47 Å². The normalized spacial score (nSPS) is 14.6. The van der Waals surface area contributed by atoms with Gasteiger partial charge in [-0.05, 0) is 43.5 Å². The molecule has 0 spiro atoms. The smallest absolute Gasteiger partial charge is 0.279 e. The Labute approximate surface area is 152 Å². The average Bonchev–Trinajstić information content (AvgIpc) is 3.01. The molecule has 1 saturated carbocycles. The van der Waals surface area contributed by atoms with Gasteiger partial charge >= 0.3 is 0 Å². The number of rotatable bonds is 5. The number of hydrogen-bond acceptors (Lipinski definition) is 4. The second kappa shape index (κ2) is 6.52. The molecule has 0 radical (unpaired) electrons. The Morgan fingerprint density at radius 1 is 1.15 bits per heavy atom. The van der Waals surface area contributed by atoms with Crippen LogP contribution in [0, 0.1) is 0 Å². The molecule has 0 aliphatic heterocycles. The van der Waals surface area contributed by atoms with Crippen LogP contribution in [0.3, 0.4) is 0 Å². The van der Waals surface area contributed by atoms with Gasteiger partial charge in [0.2, 0.25) is 5.88 Å². The van der Waals surface area contributed by atoms with E-state index in [1.54, 1.807) is 13.2 Å². The van der Waals surface area contributed by atoms with Gasteiger partial charge in [-0.2, -0.15) is 0 Å². The quantitative estimate of drug-likeness (QED) is 0.698. The predicted octanol–water partition coefficient (Wildman–Crippen LogP) is 3.88.